The van der Waals surface area contributed by atoms with Gasteiger partial charge in [0.25, 0.3) is 0 Å². The molecule has 2 saturated heterocycles. The van der Waals surface area contributed by atoms with Crippen LogP contribution in [0.2, 0.25) is 0 Å². The number of hydrogen-bond acceptors (Lipinski definition) is 8. The van der Waals surface area contributed by atoms with Crippen LogP contribution in [0.25, 0.3) is 22.2 Å². The number of benzene rings is 1. The average molecular weight is 605 g/mol. The zero-order chi connectivity index (χ0) is 30.2. The van der Waals surface area contributed by atoms with Crippen LogP contribution in [0.5, 0.6) is 0 Å². The Hall–Kier alpha value is -3.88. The van der Waals surface area contributed by atoms with Crippen molar-refractivity contribution < 1.29 is 35.8 Å². The first-order valence-electron chi connectivity index (χ1n) is 13.6. The number of ether oxygens (including phenoxy) is 2. The number of pyridine rings is 2. The van der Waals surface area contributed by atoms with E-state index in [2.05, 4.69) is 30.2 Å². The van der Waals surface area contributed by atoms with Gasteiger partial charge in [-0.2, -0.15) is 26.3 Å². The molecule has 0 amide bonds. The third-order valence-corrected chi connectivity index (χ3v) is 7.53. The lowest BCUT2D eigenvalue weighted by atomic mass is 10.0. The van der Waals surface area contributed by atoms with Crippen LogP contribution < -0.4 is 5.32 Å². The highest BCUT2D eigenvalue weighted by atomic mass is 19.4. The van der Waals surface area contributed by atoms with E-state index in [1.54, 1.807) is 6.07 Å². The fourth-order valence-electron chi connectivity index (χ4n) is 5.33. The van der Waals surface area contributed by atoms with Crippen molar-refractivity contribution in [2.75, 3.05) is 38.2 Å². The first-order chi connectivity index (χ1) is 20.5. The van der Waals surface area contributed by atoms with E-state index >= 15 is 0 Å². The molecule has 2 aliphatic rings. The molecule has 43 heavy (non-hydrogen) atoms. The number of aromatic nitrogens is 4. The number of nitrogens with zero attached hydrogens (tertiary/aromatic N) is 5. The smallest absolute Gasteiger partial charge is 0.347 e. The minimum Gasteiger partial charge on any atom is -0.347 e. The van der Waals surface area contributed by atoms with E-state index < -0.39 is 29.4 Å². The summed E-state index contributed by atoms with van der Waals surface area (Å²) in [5.41, 5.74) is -1.33. The van der Waals surface area contributed by atoms with Gasteiger partial charge in [-0.05, 0) is 36.4 Å². The van der Waals surface area contributed by atoms with Crippen molar-refractivity contribution in [3.8, 4) is 11.3 Å². The predicted octanol–water partition coefficient (Wildman–Crippen LogP) is 6.25. The maximum atomic E-state index is 13.7. The maximum Gasteiger partial charge on any atom is 0.433 e. The molecule has 5 heterocycles. The molecule has 0 aliphatic carbocycles. The van der Waals surface area contributed by atoms with Crippen molar-refractivity contribution in [1.29, 1.82) is 0 Å². The first-order valence-corrected chi connectivity index (χ1v) is 13.6. The third kappa shape index (κ3) is 6.40. The number of rotatable bonds is 6. The fraction of sp³-hybridized carbons (Fsp3) is 0.379. The molecule has 2 aliphatic heterocycles. The van der Waals surface area contributed by atoms with Crippen LogP contribution in [0.15, 0.2) is 54.9 Å². The lowest BCUT2D eigenvalue weighted by Crippen LogP contribution is -2.45. The van der Waals surface area contributed by atoms with Crippen LogP contribution >= 0.6 is 0 Å². The number of hydrogen-bond donors (Lipinski definition) is 1. The van der Waals surface area contributed by atoms with Gasteiger partial charge in [0.15, 0.2) is 5.79 Å². The SMILES string of the molecule is FC(F)(F)c1ccc(Nc2nc(CCN3CCC4(CC3)OCCO4)nc3cc(-c4ncccc4C(F)(F)F)ccc23)cn1. The molecule has 8 nitrogen and oxygen atoms in total. The first kappa shape index (κ1) is 29.2. The van der Waals surface area contributed by atoms with Crippen molar-refractivity contribution in [2.24, 2.45) is 0 Å². The van der Waals surface area contributed by atoms with Crippen LogP contribution in [-0.4, -0.2) is 63.5 Å². The van der Waals surface area contributed by atoms with Gasteiger partial charge in [0.1, 0.15) is 17.3 Å². The Morgan fingerprint density at radius 3 is 2.33 bits per heavy atom. The van der Waals surface area contributed by atoms with E-state index in [1.165, 1.54) is 30.5 Å². The van der Waals surface area contributed by atoms with E-state index in [-0.39, 0.29) is 22.8 Å². The largest absolute Gasteiger partial charge is 0.433 e. The van der Waals surface area contributed by atoms with Gasteiger partial charge in [0, 0.05) is 56.0 Å². The van der Waals surface area contributed by atoms with Crippen molar-refractivity contribution in [3.63, 3.8) is 0 Å². The van der Waals surface area contributed by atoms with E-state index in [0.29, 0.717) is 42.9 Å². The average Bonchev–Trinajstić information content (AvgIpc) is 3.44. The highest BCUT2D eigenvalue weighted by Crippen LogP contribution is 2.37. The molecule has 226 valence electrons. The Labute approximate surface area is 242 Å². The molecule has 1 aromatic carbocycles. The standard InChI is InChI=1S/C29H26F6N6O2/c30-28(31,32)21-2-1-10-36-25(21)18-3-5-20-22(16-18)39-24(7-11-41-12-8-27(9-13-41)42-14-15-43-27)40-26(20)38-19-4-6-23(37-17-19)29(33,34)35/h1-6,10,16-17H,7-9,11-15H2,(H,38,39,40). The Balaban J connectivity index is 1.31. The summed E-state index contributed by atoms with van der Waals surface area (Å²) >= 11 is 0. The maximum absolute atomic E-state index is 13.7. The molecule has 0 radical (unpaired) electrons. The second-order valence-corrected chi connectivity index (χ2v) is 10.4. The molecule has 2 fully saturated rings. The van der Waals surface area contributed by atoms with E-state index in [1.807, 2.05) is 0 Å². The second-order valence-electron chi connectivity index (χ2n) is 10.4. The minimum absolute atomic E-state index is 0.213. The summed E-state index contributed by atoms with van der Waals surface area (Å²) in [7, 11) is 0. The van der Waals surface area contributed by atoms with Crippen molar-refractivity contribution in [3.05, 3.63) is 71.9 Å². The quantitative estimate of drug-likeness (QED) is 0.259. The van der Waals surface area contributed by atoms with Crippen molar-refractivity contribution in [2.45, 2.75) is 37.4 Å². The zero-order valence-electron chi connectivity index (χ0n) is 22.7. The summed E-state index contributed by atoms with van der Waals surface area (Å²) in [5, 5.41) is 3.47. The molecule has 0 unspecified atom stereocenters. The van der Waals surface area contributed by atoms with Gasteiger partial charge < -0.3 is 19.7 Å². The minimum atomic E-state index is -4.61. The van der Waals surface area contributed by atoms with Gasteiger partial charge in [-0.1, -0.05) is 6.07 Å². The Bertz CT molecular complexity index is 1600. The van der Waals surface area contributed by atoms with E-state index in [4.69, 9.17) is 9.47 Å². The number of alkyl halides is 6. The fourth-order valence-corrected chi connectivity index (χ4v) is 5.33. The lowest BCUT2D eigenvalue weighted by molar-refractivity contribution is -0.185. The topological polar surface area (TPSA) is 85.3 Å². The highest BCUT2D eigenvalue weighted by molar-refractivity contribution is 5.93. The normalized spacial score (nSPS) is 17.5. The molecule has 0 atom stereocenters. The molecule has 14 heteroatoms. The van der Waals surface area contributed by atoms with Crippen molar-refractivity contribution >= 4 is 22.4 Å². The number of anilines is 2. The lowest BCUT2D eigenvalue weighted by Gasteiger charge is -2.37. The summed E-state index contributed by atoms with van der Waals surface area (Å²) in [6.45, 7) is 3.28. The Morgan fingerprint density at radius 2 is 1.65 bits per heavy atom. The predicted molar refractivity (Wildman–Crippen MR) is 144 cm³/mol. The summed E-state index contributed by atoms with van der Waals surface area (Å²) in [6, 6.07) is 8.83. The van der Waals surface area contributed by atoms with Gasteiger partial charge >= 0.3 is 12.4 Å². The third-order valence-electron chi connectivity index (χ3n) is 7.53. The summed E-state index contributed by atoms with van der Waals surface area (Å²) in [6.07, 6.45) is -4.98. The second kappa shape index (κ2) is 11.3. The zero-order valence-corrected chi connectivity index (χ0v) is 22.7. The van der Waals surface area contributed by atoms with Crippen LogP contribution in [0.1, 0.15) is 29.9 Å². The molecule has 6 rings (SSSR count). The Kier molecular flexibility index (Phi) is 7.69. The number of nitrogens with one attached hydrogen (secondary N) is 1. The van der Waals surface area contributed by atoms with Gasteiger partial charge in [-0.25, -0.2) is 15.0 Å². The molecule has 0 bridgehead atoms. The van der Waals surface area contributed by atoms with Crippen LogP contribution in [-0.2, 0) is 28.2 Å². The van der Waals surface area contributed by atoms with Gasteiger partial charge in [-0.15, -0.1) is 0 Å². The number of piperidine rings is 1. The number of halogens is 6. The summed E-state index contributed by atoms with van der Waals surface area (Å²) < 4.78 is 91.8. The van der Waals surface area contributed by atoms with Gasteiger partial charge in [0.05, 0.1) is 41.9 Å². The van der Waals surface area contributed by atoms with Crippen LogP contribution in [0.4, 0.5) is 37.8 Å². The van der Waals surface area contributed by atoms with Crippen molar-refractivity contribution in [1.82, 2.24) is 24.8 Å². The highest BCUT2D eigenvalue weighted by Gasteiger charge is 2.39. The number of fused-ring (bicyclic) bond motifs is 1. The number of likely N-dealkylation sites (tertiary alicyclic amines) is 1. The monoisotopic (exact) mass is 604 g/mol. The molecule has 1 N–H and O–H groups in total. The molecule has 3 aromatic heterocycles. The van der Waals surface area contributed by atoms with Gasteiger partial charge in [-0.3, -0.25) is 4.98 Å². The summed E-state index contributed by atoms with van der Waals surface area (Å²) in [5.74, 6) is 0.188. The summed E-state index contributed by atoms with van der Waals surface area (Å²) in [4.78, 5) is 19.0. The Morgan fingerprint density at radius 1 is 0.884 bits per heavy atom. The van der Waals surface area contributed by atoms with E-state index in [0.717, 1.165) is 44.3 Å². The van der Waals surface area contributed by atoms with E-state index in [9.17, 15) is 26.3 Å². The molecular formula is C29H26F6N6O2. The van der Waals surface area contributed by atoms with Crippen LogP contribution in [0.3, 0.4) is 0 Å². The van der Waals surface area contributed by atoms with Gasteiger partial charge in [0.2, 0.25) is 0 Å². The molecule has 1 spiro atoms. The molecule has 4 aromatic rings. The molecule has 0 saturated carbocycles. The van der Waals surface area contributed by atoms with Crippen LogP contribution in [0, 0.1) is 0 Å². The molecular weight excluding hydrogens is 578 g/mol.